The van der Waals surface area contributed by atoms with Gasteiger partial charge in [-0.25, -0.2) is 4.57 Å². The number of unbranched alkanes of at least 4 members (excludes halogenated alkanes) is 19. The number of ether oxygens (including phenoxy) is 2. The first kappa shape index (κ1) is 39.5. The van der Waals surface area contributed by atoms with E-state index >= 15 is 0 Å². The fraction of sp³-hybridized carbons (Fsp3) is 0.967. The maximum absolute atomic E-state index is 11.8. The number of carbonyl (C=O) groups is 1. The van der Waals surface area contributed by atoms with Gasteiger partial charge in [0.1, 0.15) is 12.2 Å². The predicted octanol–water partition coefficient (Wildman–Crippen LogP) is 7.24. The van der Waals surface area contributed by atoms with Crippen molar-refractivity contribution in [3.8, 4) is 0 Å². The lowest BCUT2D eigenvalue weighted by atomic mass is 10.0. The Kier molecular flexibility index (Phi) is 28.2. The average molecular weight is 597 g/mol. The van der Waals surface area contributed by atoms with E-state index in [0.29, 0.717) is 6.61 Å². The predicted molar refractivity (Wildman–Crippen MR) is 159 cm³/mol. The summed E-state index contributed by atoms with van der Waals surface area (Å²) in [6.07, 6.45) is 24.4. The highest BCUT2D eigenvalue weighted by Crippen LogP contribution is 2.43. The minimum Gasteiger partial charge on any atom is -0.458 e. The van der Waals surface area contributed by atoms with E-state index in [-0.39, 0.29) is 13.2 Å². The monoisotopic (exact) mass is 596 g/mol. The third-order valence-electron chi connectivity index (χ3n) is 6.84. The molecule has 3 atom stereocenters. The summed E-state index contributed by atoms with van der Waals surface area (Å²) >= 11 is 0. The zero-order valence-corrected chi connectivity index (χ0v) is 26.5. The summed E-state index contributed by atoms with van der Waals surface area (Å²) in [5, 5.41) is 17.9. The lowest BCUT2D eigenvalue weighted by Gasteiger charge is -2.19. The number of carbonyl (C=O) groups excluding carboxylic acids is 1. The van der Waals surface area contributed by atoms with Crippen LogP contribution in [0.15, 0.2) is 0 Å². The topological polar surface area (TPSA) is 132 Å². The molecule has 0 amide bonds. The second-order valence-corrected chi connectivity index (χ2v) is 12.4. The molecule has 0 saturated heterocycles. The molecule has 0 aliphatic rings. The molecule has 0 saturated carbocycles. The lowest BCUT2D eigenvalue weighted by Crippen LogP contribution is -2.28. The molecule has 0 radical (unpaired) electrons. The molecule has 0 heterocycles. The molecule has 0 fully saturated rings. The van der Waals surface area contributed by atoms with Gasteiger partial charge >= 0.3 is 13.8 Å². The van der Waals surface area contributed by atoms with E-state index in [9.17, 15) is 19.4 Å². The van der Waals surface area contributed by atoms with Crippen molar-refractivity contribution in [1.82, 2.24) is 0 Å². The van der Waals surface area contributed by atoms with Crippen LogP contribution in [0, 0.1) is 0 Å². The second-order valence-electron chi connectivity index (χ2n) is 10.9. The molecular weight excluding hydrogens is 535 g/mol. The zero-order chi connectivity index (χ0) is 29.7. The summed E-state index contributed by atoms with van der Waals surface area (Å²) < 4.78 is 31.9. The normalized spacial score (nSPS) is 14.6. The van der Waals surface area contributed by atoms with Crippen LogP contribution < -0.4 is 0 Å². The number of phosphoric acid groups is 1. The van der Waals surface area contributed by atoms with E-state index in [2.05, 4.69) is 11.4 Å². The Balaban J connectivity index is 3.56. The van der Waals surface area contributed by atoms with Crippen molar-refractivity contribution < 1.29 is 43.0 Å². The quantitative estimate of drug-likeness (QED) is 0.0430. The van der Waals surface area contributed by atoms with Crippen molar-refractivity contribution in [2.45, 2.75) is 154 Å². The van der Waals surface area contributed by atoms with Crippen molar-refractivity contribution in [3.63, 3.8) is 0 Å². The van der Waals surface area contributed by atoms with Crippen LogP contribution in [0.4, 0.5) is 0 Å². The molecule has 9 nitrogen and oxygen atoms in total. The summed E-state index contributed by atoms with van der Waals surface area (Å²) in [4.78, 5) is 20.9. The number of hydrogen-bond acceptors (Lipinski definition) is 8. The van der Waals surface area contributed by atoms with Gasteiger partial charge in [0.25, 0.3) is 0 Å². The Hall–Kier alpha value is -0.540. The van der Waals surface area contributed by atoms with Crippen molar-refractivity contribution in [1.29, 1.82) is 0 Å². The van der Waals surface area contributed by atoms with Crippen LogP contribution >= 0.6 is 7.82 Å². The summed E-state index contributed by atoms with van der Waals surface area (Å²) in [5.41, 5.74) is 0. The molecule has 0 aliphatic carbocycles. The van der Waals surface area contributed by atoms with Crippen molar-refractivity contribution in [3.05, 3.63) is 0 Å². The van der Waals surface area contributed by atoms with Gasteiger partial charge in [-0.2, -0.15) is 0 Å². The molecule has 0 aromatic carbocycles. The first-order valence-corrected chi connectivity index (χ1v) is 17.5. The van der Waals surface area contributed by atoms with Crippen LogP contribution in [0.3, 0.4) is 0 Å². The maximum Gasteiger partial charge on any atom is 0.472 e. The molecule has 40 heavy (non-hydrogen) atoms. The Labute approximate surface area is 244 Å². The smallest absolute Gasteiger partial charge is 0.458 e. The van der Waals surface area contributed by atoms with E-state index in [4.69, 9.17) is 19.1 Å². The number of rotatable bonds is 31. The van der Waals surface area contributed by atoms with Gasteiger partial charge in [0.2, 0.25) is 0 Å². The Morgan fingerprint density at radius 3 is 1.48 bits per heavy atom. The molecule has 0 spiro atoms. The lowest BCUT2D eigenvalue weighted by molar-refractivity contribution is -0.151. The summed E-state index contributed by atoms with van der Waals surface area (Å²) in [7, 11) is -4.46. The molecule has 0 aliphatic heterocycles. The van der Waals surface area contributed by atoms with Crippen LogP contribution in [0.1, 0.15) is 142 Å². The minimum atomic E-state index is -4.46. The Bertz CT molecular complexity index is 606. The van der Waals surface area contributed by atoms with E-state index in [0.717, 1.165) is 12.8 Å². The number of hydrogen-bond donors (Lipinski definition) is 3. The van der Waals surface area contributed by atoms with Gasteiger partial charge in [-0.3, -0.25) is 13.8 Å². The van der Waals surface area contributed by atoms with Gasteiger partial charge in [0, 0.05) is 13.5 Å². The summed E-state index contributed by atoms with van der Waals surface area (Å²) in [5.74, 6) is -0.555. The van der Waals surface area contributed by atoms with Gasteiger partial charge in [-0.05, 0) is 6.42 Å². The number of aliphatic hydroxyl groups is 2. The van der Waals surface area contributed by atoms with E-state index in [1.54, 1.807) is 0 Å². The number of aliphatic hydroxyl groups excluding tert-OH is 2. The van der Waals surface area contributed by atoms with Crippen LogP contribution in [-0.2, 0) is 27.9 Å². The highest BCUT2D eigenvalue weighted by molar-refractivity contribution is 7.47. The molecule has 10 heteroatoms. The van der Waals surface area contributed by atoms with Crippen LogP contribution in [0.2, 0.25) is 0 Å². The molecule has 3 N–H and O–H groups in total. The molecule has 0 aromatic heterocycles. The number of phosphoric ester groups is 1. The molecular formula is C30H61O9P. The standard InChI is InChI=1S/C30H61O9P/c1-3-4-5-6-7-8-9-10-11-12-13-14-15-16-17-18-19-20-21-22-23-36-26-30(39-28(2)32)27-38-40(34,35)37-25-29(33)24-31/h29-31,33H,3-27H2,1-2H3,(H,34,35)/t29-,30+/m0/s1. The third kappa shape index (κ3) is 29.0. The average Bonchev–Trinajstić information content (AvgIpc) is 2.92. The SMILES string of the molecule is CCCCCCCCCCCCCCCCCCCCCCOC[C@H](COP(=O)(O)OC[C@@H](O)CO)OC(C)=O. The van der Waals surface area contributed by atoms with Gasteiger partial charge in [0.15, 0.2) is 0 Å². The van der Waals surface area contributed by atoms with Crippen LogP contribution in [-0.4, -0.2) is 66.3 Å². The van der Waals surface area contributed by atoms with Crippen LogP contribution in [0.25, 0.3) is 0 Å². The minimum absolute atomic E-state index is 0.0397. The molecule has 240 valence electrons. The first-order valence-electron chi connectivity index (χ1n) is 16.0. The van der Waals surface area contributed by atoms with Crippen molar-refractivity contribution in [2.24, 2.45) is 0 Å². The first-order chi connectivity index (χ1) is 19.3. The fourth-order valence-electron chi connectivity index (χ4n) is 4.47. The Morgan fingerprint density at radius 2 is 1.07 bits per heavy atom. The summed E-state index contributed by atoms with van der Waals surface area (Å²) in [6, 6.07) is 0. The molecule has 0 rings (SSSR count). The number of esters is 1. The van der Waals surface area contributed by atoms with Gasteiger partial charge in [0.05, 0.1) is 26.4 Å². The second kappa shape index (κ2) is 28.6. The van der Waals surface area contributed by atoms with Crippen molar-refractivity contribution >= 4 is 13.8 Å². The van der Waals surface area contributed by atoms with E-state index < -0.39 is 39.2 Å². The molecule has 1 unspecified atom stereocenters. The van der Waals surface area contributed by atoms with Crippen LogP contribution in [0.5, 0.6) is 0 Å². The third-order valence-corrected chi connectivity index (χ3v) is 7.79. The summed E-state index contributed by atoms with van der Waals surface area (Å²) in [6.45, 7) is 2.50. The van der Waals surface area contributed by atoms with E-state index in [1.807, 2.05) is 0 Å². The van der Waals surface area contributed by atoms with Gasteiger partial charge in [-0.15, -0.1) is 0 Å². The van der Waals surface area contributed by atoms with Gasteiger partial charge < -0.3 is 24.6 Å². The largest absolute Gasteiger partial charge is 0.472 e. The van der Waals surface area contributed by atoms with Crippen molar-refractivity contribution in [2.75, 3.05) is 33.0 Å². The highest BCUT2D eigenvalue weighted by atomic mass is 31.2. The maximum atomic E-state index is 11.8. The fourth-order valence-corrected chi connectivity index (χ4v) is 5.26. The van der Waals surface area contributed by atoms with Gasteiger partial charge in [-0.1, -0.05) is 129 Å². The van der Waals surface area contributed by atoms with E-state index in [1.165, 1.54) is 122 Å². The molecule has 0 bridgehead atoms. The zero-order valence-electron chi connectivity index (χ0n) is 25.6. The molecule has 0 aromatic rings. The highest BCUT2D eigenvalue weighted by Gasteiger charge is 2.25. The Morgan fingerprint density at radius 1 is 0.675 bits per heavy atom.